The van der Waals surface area contributed by atoms with Gasteiger partial charge >= 0.3 is 0 Å². The summed E-state index contributed by atoms with van der Waals surface area (Å²) in [5, 5.41) is 3.61. The second-order valence-electron chi connectivity index (χ2n) is 6.53. The number of fused-ring (bicyclic) bond motifs is 1. The molecule has 0 amide bonds. The minimum Gasteiger partial charge on any atom is -0.487 e. The standard InChI is InChI=1S/C17H24FNO/c1-3-8-19-15-11-17(7-6-12(2)10-17)20-16-9-13(18)4-5-14(15)16/h4-5,9,12,15,19H,3,6-8,10-11H2,1-2H3. The van der Waals surface area contributed by atoms with Gasteiger partial charge in [0.15, 0.2) is 0 Å². The molecule has 1 heterocycles. The molecule has 0 saturated heterocycles. The fourth-order valence-electron chi connectivity index (χ4n) is 3.77. The van der Waals surface area contributed by atoms with E-state index in [9.17, 15) is 4.39 Å². The first kappa shape index (κ1) is 13.9. The summed E-state index contributed by atoms with van der Waals surface area (Å²) in [7, 11) is 0. The van der Waals surface area contributed by atoms with E-state index in [1.165, 1.54) is 12.5 Å². The second-order valence-corrected chi connectivity index (χ2v) is 6.53. The quantitative estimate of drug-likeness (QED) is 0.893. The number of nitrogens with one attached hydrogen (secondary N) is 1. The predicted molar refractivity (Wildman–Crippen MR) is 78.4 cm³/mol. The highest BCUT2D eigenvalue weighted by molar-refractivity contribution is 5.39. The minimum absolute atomic E-state index is 0.0778. The predicted octanol–water partition coefficient (Wildman–Crippen LogP) is 4.21. The Balaban J connectivity index is 1.91. The number of rotatable bonds is 3. The molecule has 2 aliphatic rings. The molecule has 0 radical (unpaired) electrons. The van der Waals surface area contributed by atoms with Crippen molar-refractivity contribution in [1.82, 2.24) is 5.32 Å². The molecular formula is C17H24FNO. The van der Waals surface area contributed by atoms with E-state index in [0.29, 0.717) is 12.0 Å². The van der Waals surface area contributed by atoms with E-state index >= 15 is 0 Å². The fraction of sp³-hybridized carbons (Fsp3) is 0.647. The first-order valence-electron chi connectivity index (χ1n) is 7.84. The molecule has 1 N–H and O–H groups in total. The van der Waals surface area contributed by atoms with Crippen molar-refractivity contribution in [1.29, 1.82) is 0 Å². The first-order chi connectivity index (χ1) is 9.62. The van der Waals surface area contributed by atoms with Crippen molar-refractivity contribution in [3.8, 4) is 5.75 Å². The van der Waals surface area contributed by atoms with Gasteiger partial charge in [-0.25, -0.2) is 4.39 Å². The summed E-state index contributed by atoms with van der Waals surface area (Å²) < 4.78 is 19.8. The van der Waals surface area contributed by atoms with Crippen LogP contribution in [0.25, 0.3) is 0 Å². The Bertz CT molecular complexity index is 490. The van der Waals surface area contributed by atoms with Crippen molar-refractivity contribution in [2.45, 2.75) is 57.6 Å². The number of halogens is 1. The van der Waals surface area contributed by atoms with Crippen molar-refractivity contribution >= 4 is 0 Å². The molecule has 1 fully saturated rings. The van der Waals surface area contributed by atoms with Gasteiger partial charge in [-0.05, 0) is 44.2 Å². The second kappa shape index (κ2) is 5.36. The van der Waals surface area contributed by atoms with Gasteiger partial charge in [-0.1, -0.05) is 19.9 Å². The van der Waals surface area contributed by atoms with Crippen LogP contribution in [0, 0.1) is 11.7 Å². The van der Waals surface area contributed by atoms with Gasteiger partial charge in [-0.15, -0.1) is 0 Å². The third kappa shape index (κ3) is 2.56. The van der Waals surface area contributed by atoms with Gasteiger partial charge in [0.25, 0.3) is 0 Å². The molecule has 0 aromatic heterocycles. The average Bonchev–Trinajstić information content (AvgIpc) is 2.76. The van der Waals surface area contributed by atoms with E-state index in [-0.39, 0.29) is 11.4 Å². The van der Waals surface area contributed by atoms with Gasteiger partial charge in [-0.3, -0.25) is 0 Å². The van der Waals surface area contributed by atoms with Gasteiger partial charge < -0.3 is 10.1 Å². The molecular weight excluding hydrogens is 253 g/mol. The summed E-state index contributed by atoms with van der Waals surface area (Å²) in [4.78, 5) is 0. The smallest absolute Gasteiger partial charge is 0.127 e. The van der Waals surface area contributed by atoms with E-state index < -0.39 is 0 Å². The fourth-order valence-corrected chi connectivity index (χ4v) is 3.77. The van der Waals surface area contributed by atoms with E-state index in [1.54, 1.807) is 6.07 Å². The monoisotopic (exact) mass is 277 g/mol. The van der Waals surface area contributed by atoms with Crippen LogP contribution in [0.1, 0.15) is 57.6 Å². The van der Waals surface area contributed by atoms with E-state index in [4.69, 9.17) is 4.74 Å². The minimum atomic E-state index is -0.207. The lowest BCUT2D eigenvalue weighted by atomic mass is 9.85. The lowest BCUT2D eigenvalue weighted by Crippen LogP contribution is -2.42. The molecule has 20 heavy (non-hydrogen) atoms. The zero-order chi connectivity index (χ0) is 14.2. The highest BCUT2D eigenvalue weighted by Crippen LogP contribution is 2.48. The Hall–Kier alpha value is -1.09. The highest BCUT2D eigenvalue weighted by atomic mass is 19.1. The topological polar surface area (TPSA) is 21.3 Å². The van der Waals surface area contributed by atoms with Crippen LogP contribution in [0.4, 0.5) is 4.39 Å². The molecule has 110 valence electrons. The Morgan fingerprint density at radius 1 is 1.40 bits per heavy atom. The maximum atomic E-state index is 13.5. The van der Waals surface area contributed by atoms with Gasteiger partial charge in [0.2, 0.25) is 0 Å². The molecule has 2 nitrogen and oxygen atoms in total. The average molecular weight is 277 g/mol. The Morgan fingerprint density at radius 2 is 2.25 bits per heavy atom. The van der Waals surface area contributed by atoms with E-state index in [2.05, 4.69) is 19.2 Å². The summed E-state index contributed by atoms with van der Waals surface area (Å²) in [5.41, 5.74) is 1.04. The van der Waals surface area contributed by atoms with Crippen LogP contribution in [0.15, 0.2) is 18.2 Å². The van der Waals surface area contributed by atoms with Gasteiger partial charge in [0, 0.05) is 24.1 Å². The summed E-state index contributed by atoms with van der Waals surface area (Å²) >= 11 is 0. The Labute approximate surface area is 120 Å². The van der Waals surface area contributed by atoms with Crippen LogP contribution in [-0.2, 0) is 0 Å². The van der Waals surface area contributed by atoms with Crippen molar-refractivity contribution in [2.24, 2.45) is 5.92 Å². The van der Waals surface area contributed by atoms with Crippen molar-refractivity contribution < 1.29 is 9.13 Å². The summed E-state index contributed by atoms with van der Waals surface area (Å²) in [6.07, 6.45) is 5.51. The molecule has 3 heteroatoms. The maximum Gasteiger partial charge on any atom is 0.127 e. The zero-order valence-corrected chi connectivity index (χ0v) is 12.4. The van der Waals surface area contributed by atoms with E-state index in [0.717, 1.165) is 43.5 Å². The van der Waals surface area contributed by atoms with Crippen LogP contribution in [-0.4, -0.2) is 12.1 Å². The van der Waals surface area contributed by atoms with Crippen LogP contribution >= 0.6 is 0 Å². The van der Waals surface area contributed by atoms with Crippen LogP contribution < -0.4 is 10.1 Å². The van der Waals surface area contributed by atoms with Gasteiger partial charge in [0.1, 0.15) is 17.2 Å². The molecule has 3 atom stereocenters. The third-order valence-electron chi connectivity index (χ3n) is 4.71. The van der Waals surface area contributed by atoms with Crippen molar-refractivity contribution in [3.05, 3.63) is 29.6 Å². The Morgan fingerprint density at radius 3 is 2.95 bits per heavy atom. The normalized spacial score (nSPS) is 32.1. The molecule has 1 saturated carbocycles. The molecule has 0 bridgehead atoms. The van der Waals surface area contributed by atoms with Crippen molar-refractivity contribution in [2.75, 3.05) is 6.54 Å². The molecule has 1 aliphatic heterocycles. The number of hydrogen-bond donors (Lipinski definition) is 1. The highest BCUT2D eigenvalue weighted by Gasteiger charge is 2.45. The summed E-state index contributed by atoms with van der Waals surface area (Å²) in [6, 6.07) is 5.27. The third-order valence-corrected chi connectivity index (χ3v) is 4.71. The first-order valence-corrected chi connectivity index (χ1v) is 7.84. The summed E-state index contributed by atoms with van der Waals surface area (Å²) in [6.45, 7) is 5.45. The van der Waals surface area contributed by atoms with Crippen LogP contribution in [0.2, 0.25) is 0 Å². The zero-order valence-electron chi connectivity index (χ0n) is 12.4. The maximum absolute atomic E-state index is 13.5. The number of benzene rings is 1. The lowest BCUT2D eigenvalue weighted by molar-refractivity contribution is 0.0333. The molecule has 1 spiro atoms. The molecule has 1 aromatic rings. The largest absolute Gasteiger partial charge is 0.487 e. The van der Waals surface area contributed by atoms with Crippen LogP contribution in [0.5, 0.6) is 5.75 Å². The van der Waals surface area contributed by atoms with Gasteiger partial charge in [0.05, 0.1) is 0 Å². The van der Waals surface area contributed by atoms with Crippen LogP contribution in [0.3, 0.4) is 0 Å². The molecule has 1 aliphatic carbocycles. The lowest BCUT2D eigenvalue weighted by Gasteiger charge is -2.40. The number of hydrogen-bond acceptors (Lipinski definition) is 2. The van der Waals surface area contributed by atoms with Crippen molar-refractivity contribution in [3.63, 3.8) is 0 Å². The SMILES string of the molecule is CCCNC1CC2(CCC(C)C2)Oc2cc(F)ccc21. The molecule has 1 aromatic carbocycles. The Kier molecular flexibility index (Phi) is 3.72. The van der Waals surface area contributed by atoms with Gasteiger partial charge in [-0.2, -0.15) is 0 Å². The summed E-state index contributed by atoms with van der Waals surface area (Å²) in [5.74, 6) is 1.25. The molecule has 3 unspecified atom stereocenters. The molecule has 3 rings (SSSR count). The number of ether oxygens (including phenoxy) is 1. The van der Waals surface area contributed by atoms with E-state index in [1.807, 2.05) is 6.07 Å².